The molecule has 36 heavy (non-hydrogen) atoms. The standard InChI is InChI=1S/C28H18N6O2/c35-34(36)26-17-21(24-18-29-22-13-7-8-14-23(22)30-24)15-16-25(26)33-27(19-9-3-1-4-10-19)31-32-28(33)20-11-5-2-6-12-20/h1-18H. The van der Waals surface area contributed by atoms with Gasteiger partial charge in [0.25, 0.3) is 5.69 Å². The van der Waals surface area contributed by atoms with Gasteiger partial charge in [0.15, 0.2) is 11.6 Å². The van der Waals surface area contributed by atoms with Gasteiger partial charge in [-0.25, -0.2) is 4.98 Å². The second kappa shape index (κ2) is 8.84. The van der Waals surface area contributed by atoms with Crippen LogP contribution in [0.3, 0.4) is 0 Å². The molecule has 2 heterocycles. The van der Waals surface area contributed by atoms with Crippen LogP contribution in [0, 0.1) is 10.1 Å². The van der Waals surface area contributed by atoms with Crippen LogP contribution < -0.4 is 0 Å². The third-order valence-corrected chi connectivity index (χ3v) is 5.88. The van der Waals surface area contributed by atoms with E-state index in [1.807, 2.05) is 91.0 Å². The van der Waals surface area contributed by atoms with Crippen LogP contribution in [0.15, 0.2) is 109 Å². The average molecular weight is 470 g/mol. The molecule has 2 aromatic heterocycles. The minimum Gasteiger partial charge on any atom is -0.268 e. The molecule has 8 heteroatoms. The zero-order chi connectivity index (χ0) is 24.5. The predicted octanol–water partition coefficient (Wildman–Crippen LogP) is 6.12. The number of rotatable bonds is 5. The predicted molar refractivity (Wildman–Crippen MR) is 137 cm³/mol. The number of nitro groups is 1. The molecule has 0 unspecified atom stereocenters. The van der Waals surface area contributed by atoms with Crippen molar-refractivity contribution in [1.29, 1.82) is 0 Å². The molecule has 4 aromatic carbocycles. The van der Waals surface area contributed by atoms with Gasteiger partial charge in [-0.05, 0) is 18.2 Å². The summed E-state index contributed by atoms with van der Waals surface area (Å²) in [6.45, 7) is 0. The smallest absolute Gasteiger partial charge is 0.268 e. The van der Waals surface area contributed by atoms with E-state index in [1.165, 1.54) is 6.07 Å². The van der Waals surface area contributed by atoms with Gasteiger partial charge in [-0.3, -0.25) is 19.7 Å². The minimum absolute atomic E-state index is 0.0865. The molecule has 6 aromatic rings. The van der Waals surface area contributed by atoms with Gasteiger partial charge in [-0.15, -0.1) is 10.2 Å². The molecule has 0 aliphatic carbocycles. The maximum Gasteiger partial charge on any atom is 0.294 e. The third-order valence-electron chi connectivity index (χ3n) is 5.88. The molecule has 0 saturated heterocycles. The number of benzene rings is 4. The van der Waals surface area contributed by atoms with Crippen molar-refractivity contribution in [2.24, 2.45) is 0 Å². The highest BCUT2D eigenvalue weighted by molar-refractivity contribution is 5.78. The zero-order valence-electron chi connectivity index (χ0n) is 18.9. The topological polar surface area (TPSA) is 99.6 Å². The molecule has 0 saturated carbocycles. The Bertz CT molecular complexity index is 1660. The quantitative estimate of drug-likeness (QED) is 0.222. The molecule has 6 rings (SSSR count). The highest BCUT2D eigenvalue weighted by Crippen LogP contribution is 2.35. The monoisotopic (exact) mass is 470 g/mol. The summed E-state index contributed by atoms with van der Waals surface area (Å²) in [4.78, 5) is 21.0. The molecular weight excluding hydrogens is 452 g/mol. The van der Waals surface area contributed by atoms with Crippen LogP contribution in [0.25, 0.3) is 50.8 Å². The second-order valence-electron chi connectivity index (χ2n) is 8.12. The van der Waals surface area contributed by atoms with Crippen molar-refractivity contribution in [1.82, 2.24) is 24.7 Å². The van der Waals surface area contributed by atoms with Gasteiger partial charge in [-0.2, -0.15) is 0 Å². The molecule has 172 valence electrons. The molecule has 0 bridgehead atoms. The minimum atomic E-state index is -0.392. The Labute approximate surface area is 205 Å². The highest BCUT2D eigenvalue weighted by atomic mass is 16.6. The van der Waals surface area contributed by atoms with Crippen LogP contribution in [0.5, 0.6) is 0 Å². The molecule has 8 nitrogen and oxygen atoms in total. The fourth-order valence-electron chi connectivity index (χ4n) is 4.18. The molecule has 0 spiro atoms. The molecule has 0 atom stereocenters. The van der Waals surface area contributed by atoms with E-state index < -0.39 is 4.92 Å². The lowest BCUT2D eigenvalue weighted by Crippen LogP contribution is -2.05. The lowest BCUT2D eigenvalue weighted by atomic mass is 10.1. The van der Waals surface area contributed by atoms with E-state index in [0.717, 1.165) is 22.2 Å². The Morgan fingerprint density at radius 2 is 1.25 bits per heavy atom. The van der Waals surface area contributed by atoms with Gasteiger partial charge in [0.2, 0.25) is 0 Å². The molecule has 0 aliphatic rings. The van der Waals surface area contributed by atoms with Crippen molar-refractivity contribution in [2.75, 3.05) is 0 Å². The van der Waals surface area contributed by atoms with E-state index in [-0.39, 0.29) is 5.69 Å². The first kappa shape index (κ1) is 21.3. The lowest BCUT2D eigenvalue weighted by Gasteiger charge is -2.12. The molecule has 0 N–H and O–H groups in total. The Morgan fingerprint density at radius 3 is 1.86 bits per heavy atom. The van der Waals surface area contributed by atoms with Crippen LogP contribution in [0.1, 0.15) is 0 Å². The Balaban J connectivity index is 1.56. The fraction of sp³-hybridized carbons (Fsp3) is 0. The van der Waals surface area contributed by atoms with Crippen molar-refractivity contribution in [3.05, 3.63) is 119 Å². The number of hydrogen-bond donors (Lipinski definition) is 0. The summed E-state index contributed by atoms with van der Waals surface area (Å²) in [6.07, 6.45) is 1.63. The second-order valence-corrected chi connectivity index (χ2v) is 8.12. The number of aromatic nitrogens is 5. The largest absolute Gasteiger partial charge is 0.294 e. The number of para-hydroxylation sites is 2. The van der Waals surface area contributed by atoms with Gasteiger partial charge in [0.1, 0.15) is 5.69 Å². The SMILES string of the molecule is O=[N+]([O-])c1cc(-c2cnc3ccccc3n2)ccc1-n1c(-c2ccccc2)nnc1-c1ccccc1. The van der Waals surface area contributed by atoms with Gasteiger partial charge < -0.3 is 0 Å². The molecular formula is C28H18N6O2. The first-order valence-electron chi connectivity index (χ1n) is 11.3. The van der Waals surface area contributed by atoms with Gasteiger partial charge in [-0.1, -0.05) is 78.9 Å². The maximum atomic E-state index is 12.3. The highest BCUT2D eigenvalue weighted by Gasteiger charge is 2.24. The number of fused-ring (bicyclic) bond motifs is 1. The summed E-state index contributed by atoms with van der Waals surface area (Å²) in [6, 6.07) is 31.6. The summed E-state index contributed by atoms with van der Waals surface area (Å²) in [5.41, 5.74) is 4.50. The van der Waals surface area contributed by atoms with Crippen LogP contribution in [-0.2, 0) is 0 Å². The molecule has 0 aliphatic heterocycles. The summed E-state index contributed by atoms with van der Waals surface area (Å²) in [5.74, 6) is 1.02. The lowest BCUT2D eigenvalue weighted by molar-refractivity contribution is -0.384. The Morgan fingerprint density at radius 1 is 0.667 bits per heavy atom. The van der Waals surface area contributed by atoms with E-state index in [4.69, 9.17) is 0 Å². The number of hydrogen-bond acceptors (Lipinski definition) is 6. The molecule has 0 radical (unpaired) electrons. The van der Waals surface area contributed by atoms with Crippen molar-refractivity contribution < 1.29 is 4.92 Å². The van der Waals surface area contributed by atoms with Gasteiger partial charge in [0, 0.05) is 22.8 Å². The van der Waals surface area contributed by atoms with Crippen LogP contribution in [-0.4, -0.2) is 29.7 Å². The van der Waals surface area contributed by atoms with Crippen molar-refractivity contribution in [3.63, 3.8) is 0 Å². The summed E-state index contributed by atoms with van der Waals surface area (Å²) >= 11 is 0. The number of nitrogens with zero attached hydrogens (tertiary/aromatic N) is 6. The Kier molecular flexibility index (Phi) is 5.23. The van der Waals surface area contributed by atoms with Crippen LogP contribution in [0.4, 0.5) is 5.69 Å². The molecule has 0 amide bonds. The third kappa shape index (κ3) is 3.76. The van der Waals surface area contributed by atoms with Crippen molar-refractivity contribution in [2.45, 2.75) is 0 Å². The average Bonchev–Trinajstić information content (AvgIpc) is 3.38. The fourth-order valence-corrected chi connectivity index (χ4v) is 4.18. The van der Waals surface area contributed by atoms with Crippen LogP contribution >= 0.6 is 0 Å². The number of nitro benzene ring substituents is 1. The van der Waals surface area contributed by atoms with E-state index in [9.17, 15) is 10.1 Å². The van der Waals surface area contributed by atoms with E-state index in [0.29, 0.717) is 28.6 Å². The molecule has 0 fully saturated rings. The first-order chi connectivity index (χ1) is 17.7. The van der Waals surface area contributed by atoms with Crippen molar-refractivity contribution >= 4 is 16.7 Å². The van der Waals surface area contributed by atoms with Crippen molar-refractivity contribution in [3.8, 4) is 39.7 Å². The van der Waals surface area contributed by atoms with Gasteiger partial charge >= 0.3 is 0 Å². The van der Waals surface area contributed by atoms with E-state index >= 15 is 0 Å². The van der Waals surface area contributed by atoms with E-state index in [1.54, 1.807) is 16.8 Å². The Hall–Kier alpha value is -5.24. The normalized spacial score (nSPS) is 11.0. The summed E-state index contributed by atoms with van der Waals surface area (Å²) in [7, 11) is 0. The maximum absolute atomic E-state index is 12.3. The summed E-state index contributed by atoms with van der Waals surface area (Å²) < 4.78 is 1.73. The van der Waals surface area contributed by atoms with Gasteiger partial charge in [0.05, 0.1) is 27.8 Å². The van der Waals surface area contributed by atoms with Crippen LogP contribution in [0.2, 0.25) is 0 Å². The van der Waals surface area contributed by atoms with E-state index in [2.05, 4.69) is 20.2 Å². The first-order valence-corrected chi connectivity index (χ1v) is 11.3. The summed E-state index contributed by atoms with van der Waals surface area (Å²) in [5, 5.41) is 21.2. The zero-order valence-corrected chi connectivity index (χ0v) is 18.9.